The quantitative estimate of drug-likeness (QED) is 0.707. The molecule has 1 unspecified atom stereocenters. The molecule has 23 heavy (non-hydrogen) atoms. The molecule has 0 radical (unpaired) electrons. The fraction of sp³-hybridized carbons (Fsp3) is 0.500. The summed E-state index contributed by atoms with van der Waals surface area (Å²) in [4.78, 5) is 12.4. The summed E-state index contributed by atoms with van der Waals surface area (Å²) in [6.45, 7) is 1.45. The van der Waals surface area contributed by atoms with E-state index in [1.165, 1.54) is 19.2 Å². The molecular weight excluding hydrogens is 342 g/mol. The highest BCUT2D eigenvalue weighted by Crippen LogP contribution is 2.31. The number of methoxy groups -OCH3 is 1. The van der Waals surface area contributed by atoms with Gasteiger partial charge in [-0.15, -0.1) is 0 Å². The first kappa shape index (κ1) is 17.8. The summed E-state index contributed by atoms with van der Waals surface area (Å²) in [5.41, 5.74) is 0.361. The molecule has 1 aliphatic rings. The number of carbonyl (C=O) groups excluding carboxylic acids is 1. The number of amides is 1. The number of hydrogen-bond acceptors (Lipinski definition) is 5. The SMILES string of the molecule is COc1cc(Cl)c(NS(C)(=O)=O)cc1C(=O)NCC1CCCN1. The third-order valence-corrected chi connectivity index (χ3v) is 4.40. The van der Waals surface area contributed by atoms with Crippen LogP contribution in [0.3, 0.4) is 0 Å². The molecule has 1 aliphatic heterocycles. The highest BCUT2D eigenvalue weighted by Gasteiger charge is 2.20. The Morgan fingerprint density at radius 1 is 1.48 bits per heavy atom. The molecular formula is C14H20ClN3O4S. The maximum absolute atomic E-state index is 12.4. The number of sulfonamides is 1. The van der Waals surface area contributed by atoms with Gasteiger partial charge in [0.05, 0.1) is 29.6 Å². The van der Waals surface area contributed by atoms with Gasteiger partial charge in [0.1, 0.15) is 5.75 Å². The Bertz CT molecular complexity index is 688. The van der Waals surface area contributed by atoms with Crippen molar-refractivity contribution in [2.24, 2.45) is 0 Å². The first-order valence-electron chi connectivity index (χ1n) is 7.17. The van der Waals surface area contributed by atoms with Crippen LogP contribution in [-0.4, -0.2) is 46.8 Å². The van der Waals surface area contributed by atoms with Crippen molar-refractivity contribution in [3.05, 3.63) is 22.7 Å². The minimum Gasteiger partial charge on any atom is -0.496 e. The smallest absolute Gasteiger partial charge is 0.255 e. The van der Waals surface area contributed by atoms with Gasteiger partial charge in [0.25, 0.3) is 5.91 Å². The van der Waals surface area contributed by atoms with Crippen LogP contribution >= 0.6 is 11.6 Å². The van der Waals surface area contributed by atoms with Crippen LogP contribution in [0.15, 0.2) is 12.1 Å². The van der Waals surface area contributed by atoms with Gasteiger partial charge < -0.3 is 15.4 Å². The summed E-state index contributed by atoms with van der Waals surface area (Å²) in [5.74, 6) is -0.0605. The van der Waals surface area contributed by atoms with Crippen LogP contribution in [0.5, 0.6) is 5.75 Å². The minimum atomic E-state index is -3.50. The Balaban J connectivity index is 2.20. The number of nitrogens with one attached hydrogen (secondary N) is 3. The molecule has 1 fully saturated rings. The molecule has 9 heteroatoms. The number of anilines is 1. The lowest BCUT2D eigenvalue weighted by molar-refractivity contribution is 0.0947. The summed E-state index contributed by atoms with van der Waals surface area (Å²) >= 11 is 6.02. The van der Waals surface area contributed by atoms with Gasteiger partial charge in [0.2, 0.25) is 10.0 Å². The van der Waals surface area contributed by atoms with Gasteiger partial charge in [-0.2, -0.15) is 0 Å². The average Bonchev–Trinajstić information content (AvgIpc) is 2.98. The number of carbonyl (C=O) groups is 1. The molecule has 1 saturated heterocycles. The number of rotatable bonds is 6. The van der Waals surface area contributed by atoms with Crippen LogP contribution < -0.4 is 20.1 Å². The van der Waals surface area contributed by atoms with E-state index in [1.807, 2.05) is 0 Å². The predicted molar refractivity (Wildman–Crippen MR) is 89.8 cm³/mol. The first-order valence-corrected chi connectivity index (χ1v) is 9.44. The zero-order chi connectivity index (χ0) is 17.0. The maximum atomic E-state index is 12.4. The second-order valence-corrected chi connectivity index (χ2v) is 7.57. The van der Waals surface area contributed by atoms with Gasteiger partial charge in [-0.3, -0.25) is 9.52 Å². The Morgan fingerprint density at radius 2 is 2.22 bits per heavy atom. The van der Waals surface area contributed by atoms with Crippen LogP contribution in [0.25, 0.3) is 0 Å². The molecule has 0 aromatic heterocycles. The van der Waals surface area contributed by atoms with E-state index in [9.17, 15) is 13.2 Å². The molecule has 0 spiro atoms. The van der Waals surface area contributed by atoms with Crippen LogP contribution in [-0.2, 0) is 10.0 Å². The van der Waals surface area contributed by atoms with E-state index in [0.29, 0.717) is 6.54 Å². The number of benzene rings is 1. The van der Waals surface area contributed by atoms with Crippen LogP contribution in [0.1, 0.15) is 23.2 Å². The molecule has 1 aromatic carbocycles. The third kappa shape index (κ3) is 4.98. The lowest BCUT2D eigenvalue weighted by atomic mass is 10.1. The first-order chi connectivity index (χ1) is 10.8. The van der Waals surface area contributed by atoms with Crippen LogP contribution in [0.4, 0.5) is 5.69 Å². The zero-order valence-electron chi connectivity index (χ0n) is 13.0. The summed E-state index contributed by atoms with van der Waals surface area (Å²) in [7, 11) is -2.08. The van der Waals surface area contributed by atoms with E-state index in [-0.39, 0.29) is 34.0 Å². The molecule has 0 aliphatic carbocycles. The van der Waals surface area contributed by atoms with Crippen molar-refractivity contribution in [3.63, 3.8) is 0 Å². The lowest BCUT2D eigenvalue weighted by Gasteiger charge is -2.15. The Morgan fingerprint density at radius 3 is 2.78 bits per heavy atom. The molecule has 7 nitrogen and oxygen atoms in total. The molecule has 0 bridgehead atoms. The summed E-state index contributed by atoms with van der Waals surface area (Å²) < 4.78 is 30.2. The van der Waals surface area contributed by atoms with Gasteiger partial charge in [-0.05, 0) is 25.5 Å². The van der Waals surface area contributed by atoms with E-state index in [0.717, 1.165) is 25.6 Å². The van der Waals surface area contributed by atoms with Gasteiger partial charge in [0, 0.05) is 18.7 Å². The Kier molecular flexibility index (Phi) is 5.72. The molecule has 3 N–H and O–H groups in total. The number of halogens is 1. The fourth-order valence-corrected chi connectivity index (χ4v) is 3.25. The highest BCUT2D eigenvalue weighted by atomic mass is 35.5. The number of hydrogen-bond donors (Lipinski definition) is 3. The van der Waals surface area contributed by atoms with Crippen LogP contribution in [0.2, 0.25) is 5.02 Å². The fourth-order valence-electron chi connectivity index (χ4n) is 2.42. The molecule has 128 valence electrons. The molecule has 2 rings (SSSR count). The lowest BCUT2D eigenvalue weighted by Crippen LogP contribution is -2.37. The molecule has 0 saturated carbocycles. The van der Waals surface area contributed by atoms with Crippen molar-refractivity contribution in [3.8, 4) is 5.75 Å². The van der Waals surface area contributed by atoms with Crippen LogP contribution in [0, 0.1) is 0 Å². The largest absolute Gasteiger partial charge is 0.496 e. The van der Waals surface area contributed by atoms with Crippen molar-refractivity contribution >= 4 is 33.2 Å². The molecule has 1 aromatic rings. The predicted octanol–water partition coefficient (Wildman–Crippen LogP) is 1.20. The van der Waals surface area contributed by atoms with Crippen molar-refractivity contribution in [1.82, 2.24) is 10.6 Å². The molecule has 1 heterocycles. The van der Waals surface area contributed by atoms with E-state index in [4.69, 9.17) is 16.3 Å². The monoisotopic (exact) mass is 361 g/mol. The Hall–Kier alpha value is -1.51. The van der Waals surface area contributed by atoms with Gasteiger partial charge in [0.15, 0.2) is 0 Å². The van der Waals surface area contributed by atoms with Crippen molar-refractivity contribution in [2.75, 3.05) is 31.2 Å². The molecule has 1 atom stereocenters. The third-order valence-electron chi connectivity index (χ3n) is 3.50. The summed E-state index contributed by atoms with van der Waals surface area (Å²) in [6.07, 6.45) is 3.12. The van der Waals surface area contributed by atoms with E-state index in [2.05, 4.69) is 15.4 Å². The second-order valence-electron chi connectivity index (χ2n) is 5.41. The van der Waals surface area contributed by atoms with Gasteiger partial charge in [-0.25, -0.2) is 8.42 Å². The molecule has 1 amide bonds. The van der Waals surface area contributed by atoms with Gasteiger partial charge in [-0.1, -0.05) is 11.6 Å². The average molecular weight is 362 g/mol. The normalized spacial score (nSPS) is 17.8. The highest BCUT2D eigenvalue weighted by molar-refractivity contribution is 7.92. The second kappa shape index (κ2) is 7.37. The van der Waals surface area contributed by atoms with E-state index < -0.39 is 10.0 Å². The maximum Gasteiger partial charge on any atom is 0.255 e. The summed E-state index contributed by atoms with van der Waals surface area (Å²) in [6, 6.07) is 3.04. The topological polar surface area (TPSA) is 96.5 Å². The number of ether oxygens (including phenoxy) is 1. The van der Waals surface area contributed by atoms with E-state index >= 15 is 0 Å². The summed E-state index contributed by atoms with van der Waals surface area (Å²) in [5, 5.41) is 6.26. The van der Waals surface area contributed by atoms with Crippen molar-refractivity contribution in [2.45, 2.75) is 18.9 Å². The Labute approximate surface area is 140 Å². The van der Waals surface area contributed by atoms with Gasteiger partial charge >= 0.3 is 0 Å². The standard InChI is InChI=1S/C14H20ClN3O4S/c1-22-13-7-11(15)12(18-23(2,20)21)6-10(13)14(19)17-8-9-4-3-5-16-9/h6-7,9,16,18H,3-5,8H2,1-2H3,(H,17,19). The van der Waals surface area contributed by atoms with Crippen molar-refractivity contribution < 1.29 is 17.9 Å². The van der Waals surface area contributed by atoms with Crippen molar-refractivity contribution in [1.29, 1.82) is 0 Å². The minimum absolute atomic E-state index is 0.138. The zero-order valence-corrected chi connectivity index (χ0v) is 14.6. The van der Waals surface area contributed by atoms with E-state index in [1.54, 1.807) is 0 Å².